The lowest BCUT2D eigenvalue weighted by molar-refractivity contribution is 0.495. The minimum atomic E-state index is -1.18. The van der Waals surface area contributed by atoms with Crippen LogP contribution in [0.3, 0.4) is 0 Å². The van der Waals surface area contributed by atoms with Crippen LogP contribution in [-0.2, 0) is 6.54 Å². The van der Waals surface area contributed by atoms with Crippen molar-refractivity contribution in [2.24, 2.45) is 0 Å². The maximum Gasteiger partial charge on any atom is 0.182 e. The number of hydrogen-bond acceptors (Lipinski definition) is 2. The number of anilines is 1. The van der Waals surface area contributed by atoms with Gasteiger partial charge in [-0.25, -0.2) is 13.2 Å². The molecule has 2 aromatic carbocycles. The second-order valence-electron chi connectivity index (χ2n) is 5.11. The smallest absolute Gasteiger partial charge is 0.182 e. The lowest BCUT2D eigenvalue weighted by atomic mass is 9.99. The summed E-state index contributed by atoms with van der Waals surface area (Å²) in [5.74, 6) is -3.03. The molecule has 0 bridgehead atoms. The molecule has 0 saturated carbocycles. The van der Waals surface area contributed by atoms with Gasteiger partial charge in [0.2, 0.25) is 0 Å². The van der Waals surface area contributed by atoms with E-state index in [0.29, 0.717) is 12.5 Å². The minimum absolute atomic E-state index is 0.144. The number of halogens is 3. The van der Waals surface area contributed by atoms with Crippen LogP contribution >= 0.6 is 0 Å². The predicted octanol–water partition coefficient (Wildman–Crippen LogP) is 3.75. The summed E-state index contributed by atoms with van der Waals surface area (Å²) in [5, 5.41) is 6.21. The van der Waals surface area contributed by atoms with Gasteiger partial charge in [0.25, 0.3) is 0 Å². The summed E-state index contributed by atoms with van der Waals surface area (Å²) in [6.45, 7) is 1.47. The van der Waals surface area contributed by atoms with E-state index in [-0.39, 0.29) is 11.7 Å². The lowest BCUT2D eigenvalue weighted by Crippen LogP contribution is -2.16. The van der Waals surface area contributed by atoms with Gasteiger partial charge in [-0.3, -0.25) is 0 Å². The topological polar surface area (TPSA) is 24.1 Å². The first-order valence-electron chi connectivity index (χ1n) is 6.85. The van der Waals surface area contributed by atoms with Crippen LogP contribution in [0.15, 0.2) is 36.4 Å². The van der Waals surface area contributed by atoms with Gasteiger partial charge in [0.05, 0.1) is 11.7 Å². The summed E-state index contributed by atoms with van der Waals surface area (Å²) >= 11 is 0. The highest BCUT2D eigenvalue weighted by atomic mass is 19.2. The highest BCUT2D eigenvalue weighted by Crippen LogP contribution is 2.29. The normalized spacial score (nSPS) is 18.0. The molecule has 0 aromatic heterocycles. The van der Waals surface area contributed by atoms with E-state index in [9.17, 15) is 13.2 Å². The molecule has 1 aliphatic heterocycles. The van der Waals surface area contributed by atoms with E-state index < -0.39 is 17.5 Å². The molecule has 0 amide bonds. The summed E-state index contributed by atoms with van der Waals surface area (Å²) < 4.78 is 40.4. The second kappa shape index (κ2) is 5.77. The molecule has 1 aliphatic rings. The first kappa shape index (κ1) is 13.9. The van der Waals surface area contributed by atoms with E-state index in [1.54, 1.807) is 0 Å². The van der Waals surface area contributed by atoms with Crippen LogP contribution < -0.4 is 10.6 Å². The van der Waals surface area contributed by atoms with E-state index in [1.807, 2.05) is 24.3 Å². The van der Waals surface area contributed by atoms with Crippen molar-refractivity contribution in [2.45, 2.75) is 19.0 Å². The SMILES string of the molecule is Fc1cc(F)c(F)c(NC2CCNCc3ccccc32)c1. The molecular weight excluding hydrogens is 277 g/mol. The molecule has 5 heteroatoms. The highest BCUT2D eigenvalue weighted by molar-refractivity contribution is 5.49. The molecule has 1 unspecified atom stereocenters. The van der Waals surface area contributed by atoms with Crippen molar-refractivity contribution >= 4 is 5.69 Å². The number of hydrogen-bond donors (Lipinski definition) is 2. The van der Waals surface area contributed by atoms with Crippen molar-refractivity contribution in [3.05, 3.63) is 65.0 Å². The van der Waals surface area contributed by atoms with Crippen molar-refractivity contribution < 1.29 is 13.2 Å². The van der Waals surface area contributed by atoms with Crippen LogP contribution in [-0.4, -0.2) is 6.54 Å². The zero-order valence-electron chi connectivity index (χ0n) is 11.3. The van der Waals surface area contributed by atoms with Crippen LogP contribution in [0.4, 0.5) is 18.9 Å². The largest absolute Gasteiger partial charge is 0.376 e. The van der Waals surface area contributed by atoms with Crippen molar-refractivity contribution in [2.75, 3.05) is 11.9 Å². The number of nitrogens with one attached hydrogen (secondary N) is 2. The Hall–Kier alpha value is -2.01. The average Bonchev–Trinajstić information content (AvgIpc) is 2.67. The minimum Gasteiger partial charge on any atom is -0.376 e. The van der Waals surface area contributed by atoms with Crippen LogP contribution in [0.1, 0.15) is 23.6 Å². The van der Waals surface area contributed by atoms with Crippen LogP contribution in [0, 0.1) is 17.5 Å². The van der Waals surface area contributed by atoms with Crippen LogP contribution in [0.5, 0.6) is 0 Å². The Kier molecular flexibility index (Phi) is 3.84. The van der Waals surface area contributed by atoms with Gasteiger partial charge >= 0.3 is 0 Å². The molecule has 2 aromatic rings. The van der Waals surface area contributed by atoms with Crippen molar-refractivity contribution in [3.8, 4) is 0 Å². The summed E-state index contributed by atoms with van der Waals surface area (Å²) in [4.78, 5) is 0. The van der Waals surface area contributed by atoms with Gasteiger partial charge in [0.1, 0.15) is 5.82 Å². The van der Waals surface area contributed by atoms with Crippen LogP contribution in [0.2, 0.25) is 0 Å². The molecule has 2 nitrogen and oxygen atoms in total. The molecule has 0 aliphatic carbocycles. The molecule has 2 N–H and O–H groups in total. The zero-order chi connectivity index (χ0) is 14.8. The van der Waals surface area contributed by atoms with Crippen molar-refractivity contribution in [1.29, 1.82) is 0 Å². The maximum absolute atomic E-state index is 13.8. The van der Waals surface area contributed by atoms with Crippen LogP contribution in [0.25, 0.3) is 0 Å². The molecule has 110 valence electrons. The van der Waals surface area contributed by atoms with Gasteiger partial charge in [0, 0.05) is 18.7 Å². The van der Waals surface area contributed by atoms with E-state index in [4.69, 9.17) is 0 Å². The summed E-state index contributed by atoms with van der Waals surface area (Å²) in [6, 6.07) is 9.12. The van der Waals surface area contributed by atoms with E-state index >= 15 is 0 Å². The van der Waals surface area contributed by atoms with Gasteiger partial charge in [-0.15, -0.1) is 0 Å². The zero-order valence-corrected chi connectivity index (χ0v) is 11.3. The Morgan fingerprint density at radius 2 is 1.90 bits per heavy atom. The molecular formula is C16H15F3N2. The second-order valence-corrected chi connectivity index (χ2v) is 5.11. The van der Waals surface area contributed by atoms with Crippen molar-refractivity contribution in [3.63, 3.8) is 0 Å². The van der Waals surface area contributed by atoms with Gasteiger partial charge in [-0.05, 0) is 24.1 Å². The molecule has 1 atom stereocenters. The predicted molar refractivity (Wildman–Crippen MR) is 75.4 cm³/mol. The quantitative estimate of drug-likeness (QED) is 0.824. The Balaban J connectivity index is 1.95. The summed E-state index contributed by atoms with van der Waals surface area (Å²) in [7, 11) is 0. The van der Waals surface area contributed by atoms with Gasteiger partial charge in [0.15, 0.2) is 11.6 Å². The van der Waals surface area contributed by atoms with Gasteiger partial charge < -0.3 is 10.6 Å². The molecule has 1 heterocycles. The fourth-order valence-corrected chi connectivity index (χ4v) is 2.66. The third kappa shape index (κ3) is 2.88. The molecule has 0 radical (unpaired) electrons. The molecule has 0 fully saturated rings. The van der Waals surface area contributed by atoms with Crippen molar-refractivity contribution in [1.82, 2.24) is 5.32 Å². The Bertz CT molecular complexity index is 658. The average molecular weight is 292 g/mol. The first-order valence-corrected chi connectivity index (χ1v) is 6.85. The van der Waals surface area contributed by atoms with E-state index in [2.05, 4.69) is 10.6 Å². The summed E-state index contributed by atoms with van der Waals surface area (Å²) in [6.07, 6.45) is 0.703. The number of fused-ring (bicyclic) bond motifs is 1. The lowest BCUT2D eigenvalue weighted by Gasteiger charge is -2.20. The van der Waals surface area contributed by atoms with E-state index in [0.717, 1.165) is 30.3 Å². The third-order valence-electron chi connectivity index (χ3n) is 3.68. The standard InChI is InChI=1S/C16H15F3N2/c17-11-7-13(18)16(19)15(8-11)21-14-5-6-20-9-10-3-1-2-4-12(10)14/h1-4,7-8,14,20-21H,5-6,9H2. The Morgan fingerprint density at radius 3 is 2.76 bits per heavy atom. The summed E-state index contributed by atoms with van der Waals surface area (Å²) in [5.41, 5.74) is 1.98. The molecule has 3 rings (SSSR count). The number of benzene rings is 2. The molecule has 0 spiro atoms. The van der Waals surface area contributed by atoms with Gasteiger partial charge in [-0.1, -0.05) is 24.3 Å². The highest BCUT2D eigenvalue weighted by Gasteiger charge is 2.20. The Morgan fingerprint density at radius 1 is 1.10 bits per heavy atom. The number of rotatable bonds is 2. The fraction of sp³-hybridized carbons (Fsp3) is 0.250. The van der Waals surface area contributed by atoms with E-state index in [1.165, 1.54) is 0 Å². The fourth-order valence-electron chi connectivity index (χ4n) is 2.66. The van der Waals surface area contributed by atoms with Gasteiger partial charge in [-0.2, -0.15) is 0 Å². The molecule has 21 heavy (non-hydrogen) atoms. The monoisotopic (exact) mass is 292 g/mol. The molecule has 0 saturated heterocycles. The Labute approximate surface area is 121 Å². The third-order valence-corrected chi connectivity index (χ3v) is 3.68. The maximum atomic E-state index is 13.8. The first-order chi connectivity index (χ1) is 10.1.